The van der Waals surface area contributed by atoms with Crippen molar-refractivity contribution in [3.05, 3.63) is 34.9 Å². The average Bonchev–Trinajstić information content (AvgIpc) is 2.15. The average molecular weight is 207 g/mol. The fourth-order valence-electron chi connectivity index (χ4n) is 1.65. The van der Waals surface area contributed by atoms with Gasteiger partial charge in [0.15, 0.2) is 0 Å². The van der Waals surface area contributed by atoms with E-state index in [1.54, 1.807) is 0 Å². The molecule has 0 saturated carbocycles. The molecule has 84 valence electrons. The van der Waals surface area contributed by atoms with Crippen LogP contribution in [-0.4, -0.2) is 17.8 Å². The first kappa shape index (κ1) is 12.2. The number of benzene rings is 1. The molecule has 0 aromatic heterocycles. The molecule has 1 aromatic rings. The molecule has 2 heteroatoms. The van der Waals surface area contributed by atoms with Crippen molar-refractivity contribution in [1.29, 1.82) is 0 Å². The molecule has 0 amide bonds. The smallest absolute Gasteiger partial charge is 0.0524 e. The van der Waals surface area contributed by atoms with E-state index in [1.165, 1.54) is 16.7 Å². The molecule has 2 N–H and O–H groups in total. The summed E-state index contributed by atoms with van der Waals surface area (Å²) in [5.74, 6) is 0. The number of aliphatic hydroxyl groups excluding tert-OH is 1. The summed E-state index contributed by atoms with van der Waals surface area (Å²) in [7, 11) is 0. The Kier molecular flexibility index (Phi) is 4.79. The van der Waals surface area contributed by atoms with Gasteiger partial charge in [0.2, 0.25) is 0 Å². The topological polar surface area (TPSA) is 32.3 Å². The zero-order valence-corrected chi connectivity index (χ0v) is 9.88. The molecular formula is C13H21NO. The molecule has 0 fully saturated rings. The van der Waals surface area contributed by atoms with Crippen LogP contribution in [0.2, 0.25) is 0 Å². The van der Waals surface area contributed by atoms with E-state index in [2.05, 4.69) is 37.4 Å². The van der Waals surface area contributed by atoms with Gasteiger partial charge >= 0.3 is 0 Å². The molecule has 0 aliphatic carbocycles. The van der Waals surface area contributed by atoms with Gasteiger partial charge in [0.25, 0.3) is 0 Å². The number of hydrogen-bond acceptors (Lipinski definition) is 2. The molecule has 0 saturated heterocycles. The van der Waals surface area contributed by atoms with E-state index in [-0.39, 0.29) is 6.10 Å². The lowest BCUT2D eigenvalue weighted by Gasteiger charge is -2.11. The van der Waals surface area contributed by atoms with Crippen molar-refractivity contribution in [2.75, 3.05) is 6.54 Å². The highest BCUT2D eigenvalue weighted by molar-refractivity contribution is 5.33. The Labute approximate surface area is 92.3 Å². The lowest BCUT2D eigenvalue weighted by Crippen LogP contribution is -2.19. The van der Waals surface area contributed by atoms with Crippen LogP contribution < -0.4 is 5.32 Å². The molecule has 1 atom stereocenters. The highest BCUT2D eigenvalue weighted by atomic mass is 16.3. The van der Waals surface area contributed by atoms with Gasteiger partial charge in [-0.3, -0.25) is 0 Å². The summed E-state index contributed by atoms with van der Waals surface area (Å²) in [4.78, 5) is 0. The standard InChI is InChI=1S/C13H21NO/c1-10-5-4-6-11(2)13(10)9-14-8-7-12(3)15/h4-6,12,14-15H,7-9H2,1-3H3/t12-/m0/s1. The molecule has 0 heterocycles. The van der Waals surface area contributed by atoms with E-state index in [9.17, 15) is 0 Å². The summed E-state index contributed by atoms with van der Waals surface area (Å²) in [6.45, 7) is 7.86. The highest BCUT2D eigenvalue weighted by Gasteiger charge is 2.01. The fraction of sp³-hybridized carbons (Fsp3) is 0.538. The molecular weight excluding hydrogens is 186 g/mol. The van der Waals surface area contributed by atoms with Crippen LogP contribution in [0.5, 0.6) is 0 Å². The van der Waals surface area contributed by atoms with Crippen LogP contribution in [0.1, 0.15) is 30.0 Å². The van der Waals surface area contributed by atoms with Crippen molar-refractivity contribution < 1.29 is 5.11 Å². The maximum absolute atomic E-state index is 9.12. The minimum Gasteiger partial charge on any atom is -0.393 e. The summed E-state index contributed by atoms with van der Waals surface area (Å²) in [6.07, 6.45) is 0.598. The van der Waals surface area contributed by atoms with Crippen molar-refractivity contribution in [2.45, 2.75) is 39.8 Å². The third kappa shape index (κ3) is 4.02. The maximum Gasteiger partial charge on any atom is 0.0524 e. The van der Waals surface area contributed by atoms with Gasteiger partial charge in [-0.15, -0.1) is 0 Å². The zero-order chi connectivity index (χ0) is 11.3. The van der Waals surface area contributed by atoms with Gasteiger partial charge in [-0.2, -0.15) is 0 Å². The lowest BCUT2D eigenvalue weighted by atomic mass is 10.0. The van der Waals surface area contributed by atoms with E-state index >= 15 is 0 Å². The third-order valence-electron chi connectivity index (χ3n) is 2.69. The lowest BCUT2D eigenvalue weighted by molar-refractivity contribution is 0.183. The van der Waals surface area contributed by atoms with Crippen LogP contribution in [0.4, 0.5) is 0 Å². The van der Waals surface area contributed by atoms with Crippen molar-refractivity contribution in [1.82, 2.24) is 5.32 Å². The summed E-state index contributed by atoms with van der Waals surface area (Å²) in [5.41, 5.74) is 4.04. The SMILES string of the molecule is Cc1cccc(C)c1CNCC[C@H](C)O. The van der Waals surface area contributed by atoms with Gasteiger partial charge in [0.1, 0.15) is 0 Å². The van der Waals surface area contributed by atoms with Gasteiger partial charge in [-0.25, -0.2) is 0 Å². The summed E-state index contributed by atoms with van der Waals surface area (Å²) in [6, 6.07) is 6.36. The second-order valence-electron chi connectivity index (χ2n) is 4.18. The molecule has 0 aliphatic rings. The van der Waals surface area contributed by atoms with E-state index in [4.69, 9.17) is 5.11 Å². The van der Waals surface area contributed by atoms with E-state index in [1.807, 2.05) is 6.92 Å². The summed E-state index contributed by atoms with van der Waals surface area (Å²) < 4.78 is 0. The molecule has 0 radical (unpaired) electrons. The van der Waals surface area contributed by atoms with E-state index in [0.717, 1.165) is 19.5 Å². The highest BCUT2D eigenvalue weighted by Crippen LogP contribution is 2.12. The second-order valence-corrected chi connectivity index (χ2v) is 4.18. The molecule has 1 aromatic carbocycles. The summed E-state index contributed by atoms with van der Waals surface area (Å²) in [5, 5.41) is 12.5. The van der Waals surface area contributed by atoms with Crippen molar-refractivity contribution in [3.8, 4) is 0 Å². The van der Waals surface area contributed by atoms with Crippen LogP contribution in [0.15, 0.2) is 18.2 Å². The molecule has 0 bridgehead atoms. The zero-order valence-electron chi connectivity index (χ0n) is 9.88. The Bertz CT molecular complexity index is 287. The monoisotopic (exact) mass is 207 g/mol. The first-order chi connectivity index (χ1) is 7.11. The Morgan fingerprint density at radius 3 is 2.40 bits per heavy atom. The van der Waals surface area contributed by atoms with Gasteiger partial charge in [-0.05, 0) is 50.4 Å². The Morgan fingerprint density at radius 2 is 1.87 bits per heavy atom. The van der Waals surface area contributed by atoms with Crippen LogP contribution in [0, 0.1) is 13.8 Å². The van der Waals surface area contributed by atoms with Crippen molar-refractivity contribution >= 4 is 0 Å². The minimum absolute atomic E-state index is 0.213. The van der Waals surface area contributed by atoms with Crippen LogP contribution in [0.3, 0.4) is 0 Å². The number of rotatable bonds is 5. The molecule has 15 heavy (non-hydrogen) atoms. The van der Waals surface area contributed by atoms with Crippen molar-refractivity contribution in [2.24, 2.45) is 0 Å². The molecule has 0 aliphatic heterocycles. The largest absolute Gasteiger partial charge is 0.393 e. The molecule has 0 unspecified atom stereocenters. The third-order valence-corrected chi connectivity index (χ3v) is 2.69. The number of nitrogens with one attached hydrogen (secondary N) is 1. The number of aliphatic hydroxyl groups is 1. The van der Waals surface area contributed by atoms with Crippen LogP contribution in [-0.2, 0) is 6.54 Å². The molecule has 1 rings (SSSR count). The fourth-order valence-corrected chi connectivity index (χ4v) is 1.65. The summed E-state index contributed by atoms with van der Waals surface area (Å²) >= 11 is 0. The van der Waals surface area contributed by atoms with Gasteiger partial charge in [0.05, 0.1) is 6.10 Å². The van der Waals surface area contributed by atoms with Crippen LogP contribution in [0.25, 0.3) is 0 Å². The maximum atomic E-state index is 9.12. The number of aryl methyl sites for hydroxylation is 2. The number of hydrogen-bond donors (Lipinski definition) is 2. The second kappa shape index (κ2) is 5.89. The first-order valence-corrected chi connectivity index (χ1v) is 5.55. The Hall–Kier alpha value is -0.860. The quantitative estimate of drug-likeness (QED) is 0.725. The predicted octanol–water partition coefficient (Wildman–Crippen LogP) is 2.16. The van der Waals surface area contributed by atoms with Gasteiger partial charge in [0, 0.05) is 6.54 Å². The predicted molar refractivity (Wildman–Crippen MR) is 63.9 cm³/mol. The van der Waals surface area contributed by atoms with Crippen LogP contribution >= 0.6 is 0 Å². The van der Waals surface area contributed by atoms with E-state index in [0.29, 0.717) is 0 Å². The van der Waals surface area contributed by atoms with Crippen molar-refractivity contribution in [3.63, 3.8) is 0 Å². The molecule has 2 nitrogen and oxygen atoms in total. The first-order valence-electron chi connectivity index (χ1n) is 5.55. The normalized spacial score (nSPS) is 12.8. The van der Waals surface area contributed by atoms with E-state index < -0.39 is 0 Å². The Balaban J connectivity index is 2.43. The minimum atomic E-state index is -0.213. The van der Waals surface area contributed by atoms with Gasteiger partial charge in [-0.1, -0.05) is 18.2 Å². The Morgan fingerprint density at radius 1 is 1.27 bits per heavy atom. The molecule has 0 spiro atoms. The van der Waals surface area contributed by atoms with Gasteiger partial charge < -0.3 is 10.4 Å².